The van der Waals surface area contributed by atoms with E-state index >= 15 is 0 Å². The molecule has 1 fully saturated rings. The van der Waals surface area contributed by atoms with Crippen molar-refractivity contribution >= 4 is 23.2 Å². The third-order valence-electron chi connectivity index (χ3n) is 4.93. The molecule has 150 valence electrons. The van der Waals surface area contributed by atoms with Crippen molar-refractivity contribution in [2.45, 2.75) is 45.6 Å². The molecule has 0 radical (unpaired) electrons. The predicted octanol–water partition coefficient (Wildman–Crippen LogP) is 3.50. The van der Waals surface area contributed by atoms with Gasteiger partial charge in [-0.05, 0) is 30.5 Å². The molecule has 7 heteroatoms. The summed E-state index contributed by atoms with van der Waals surface area (Å²) in [5.74, 6) is -0.0249. The highest BCUT2D eigenvalue weighted by Gasteiger charge is 2.26. The largest absolute Gasteiger partial charge is 0.350 e. The lowest BCUT2D eigenvalue weighted by atomic mass is 9.98. The number of aromatic nitrogens is 1. The van der Waals surface area contributed by atoms with Crippen molar-refractivity contribution in [1.29, 1.82) is 0 Å². The summed E-state index contributed by atoms with van der Waals surface area (Å²) >= 11 is 1.59. The minimum atomic E-state index is -0.293. The van der Waals surface area contributed by atoms with Crippen molar-refractivity contribution < 1.29 is 14.0 Å². The normalized spacial score (nSPS) is 17.0. The van der Waals surface area contributed by atoms with E-state index in [2.05, 4.69) is 10.3 Å². The first-order chi connectivity index (χ1) is 13.4. The van der Waals surface area contributed by atoms with E-state index in [-0.39, 0.29) is 35.9 Å². The van der Waals surface area contributed by atoms with E-state index in [1.807, 2.05) is 24.1 Å². The summed E-state index contributed by atoms with van der Waals surface area (Å²) in [6.45, 7) is 5.57. The van der Waals surface area contributed by atoms with Gasteiger partial charge in [-0.25, -0.2) is 9.37 Å². The summed E-state index contributed by atoms with van der Waals surface area (Å²) in [5.41, 5.74) is 1.69. The average molecular weight is 404 g/mol. The van der Waals surface area contributed by atoms with E-state index in [0.717, 1.165) is 35.7 Å². The minimum absolute atomic E-state index is 0.0183. The molecule has 2 amide bonds. The molecule has 1 N–H and O–H groups in total. The third-order valence-corrected chi connectivity index (χ3v) is 5.99. The standard InChI is InChI=1S/C21H26FN3O2S/c1-14(2)20(27)23-11-18-13-28-21(24-18)16-4-3-9-25(12-16)19(26)10-15-5-7-17(22)8-6-15/h5-8,13-14,16H,3-4,9-12H2,1-2H3,(H,23,27). The number of carbonyl (C=O) groups excluding carboxylic acids is 2. The molecule has 2 aromatic rings. The van der Waals surface area contributed by atoms with Gasteiger partial charge in [0, 0.05) is 30.3 Å². The van der Waals surface area contributed by atoms with Crippen LogP contribution < -0.4 is 5.32 Å². The van der Waals surface area contributed by atoms with Gasteiger partial charge < -0.3 is 10.2 Å². The molecule has 0 saturated carbocycles. The lowest BCUT2D eigenvalue weighted by molar-refractivity contribution is -0.131. The predicted molar refractivity (Wildman–Crippen MR) is 107 cm³/mol. The summed E-state index contributed by atoms with van der Waals surface area (Å²) in [7, 11) is 0. The number of amides is 2. The molecule has 0 spiro atoms. The Bertz CT molecular complexity index is 819. The first-order valence-electron chi connectivity index (χ1n) is 9.66. The average Bonchev–Trinajstić information content (AvgIpc) is 3.17. The molecule has 1 atom stereocenters. The molecular weight excluding hydrogens is 377 g/mol. The summed E-state index contributed by atoms with van der Waals surface area (Å²) in [6, 6.07) is 6.09. The Morgan fingerprint density at radius 2 is 2.07 bits per heavy atom. The lowest BCUT2D eigenvalue weighted by Gasteiger charge is -2.32. The van der Waals surface area contributed by atoms with Gasteiger partial charge in [0.25, 0.3) is 0 Å². The van der Waals surface area contributed by atoms with E-state index in [1.54, 1.807) is 23.5 Å². The van der Waals surface area contributed by atoms with Crippen LogP contribution in [0, 0.1) is 11.7 Å². The number of hydrogen-bond donors (Lipinski definition) is 1. The highest BCUT2D eigenvalue weighted by atomic mass is 32.1. The van der Waals surface area contributed by atoms with Crippen molar-refractivity contribution in [3.8, 4) is 0 Å². The molecule has 1 unspecified atom stereocenters. The molecule has 5 nitrogen and oxygen atoms in total. The van der Waals surface area contributed by atoms with Crippen LogP contribution in [-0.2, 0) is 22.6 Å². The summed E-state index contributed by atoms with van der Waals surface area (Å²) < 4.78 is 13.0. The molecule has 0 bridgehead atoms. The molecule has 0 aliphatic carbocycles. The Morgan fingerprint density at radius 3 is 2.79 bits per heavy atom. The van der Waals surface area contributed by atoms with Crippen LogP contribution in [0.3, 0.4) is 0 Å². The van der Waals surface area contributed by atoms with E-state index in [0.29, 0.717) is 13.1 Å². The quantitative estimate of drug-likeness (QED) is 0.803. The third kappa shape index (κ3) is 5.38. The topological polar surface area (TPSA) is 62.3 Å². The van der Waals surface area contributed by atoms with Crippen LogP contribution in [-0.4, -0.2) is 34.8 Å². The van der Waals surface area contributed by atoms with Crippen molar-refractivity contribution in [1.82, 2.24) is 15.2 Å². The van der Waals surface area contributed by atoms with Gasteiger partial charge in [-0.3, -0.25) is 9.59 Å². The first kappa shape index (κ1) is 20.5. The van der Waals surface area contributed by atoms with Gasteiger partial charge in [-0.1, -0.05) is 26.0 Å². The number of rotatable bonds is 6. The number of nitrogens with one attached hydrogen (secondary N) is 1. The van der Waals surface area contributed by atoms with Crippen LogP contribution in [0.2, 0.25) is 0 Å². The van der Waals surface area contributed by atoms with Crippen molar-refractivity contribution in [2.75, 3.05) is 13.1 Å². The van der Waals surface area contributed by atoms with Gasteiger partial charge in [0.1, 0.15) is 5.82 Å². The number of benzene rings is 1. The molecule has 1 aliphatic rings. The Balaban J connectivity index is 1.56. The zero-order valence-corrected chi connectivity index (χ0v) is 17.1. The second-order valence-electron chi connectivity index (χ2n) is 7.53. The number of nitrogens with zero attached hydrogens (tertiary/aromatic N) is 2. The van der Waals surface area contributed by atoms with Crippen LogP contribution in [0.5, 0.6) is 0 Å². The number of piperidine rings is 1. The molecule has 1 aromatic heterocycles. The first-order valence-corrected chi connectivity index (χ1v) is 10.5. The van der Waals surface area contributed by atoms with Gasteiger partial charge in [0.2, 0.25) is 11.8 Å². The minimum Gasteiger partial charge on any atom is -0.350 e. The fourth-order valence-corrected chi connectivity index (χ4v) is 4.21. The van der Waals surface area contributed by atoms with Gasteiger partial charge in [-0.15, -0.1) is 11.3 Å². The number of thiazole rings is 1. The Kier molecular flexibility index (Phi) is 6.78. The van der Waals surface area contributed by atoms with Crippen LogP contribution in [0.15, 0.2) is 29.6 Å². The molecular formula is C21H26FN3O2S. The van der Waals surface area contributed by atoms with Gasteiger partial charge in [0.15, 0.2) is 0 Å². The maximum Gasteiger partial charge on any atom is 0.227 e. The van der Waals surface area contributed by atoms with E-state index in [1.165, 1.54) is 12.1 Å². The number of carbonyl (C=O) groups is 2. The highest BCUT2D eigenvalue weighted by molar-refractivity contribution is 7.09. The number of likely N-dealkylation sites (tertiary alicyclic amines) is 1. The summed E-state index contributed by atoms with van der Waals surface area (Å²) in [6.07, 6.45) is 2.24. The zero-order chi connectivity index (χ0) is 20.1. The Hall–Kier alpha value is -2.28. The van der Waals surface area contributed by atoms with E-state index in [9.17, 15) is 14.0 Å². The van der Waals surface area contributed by atoms with E-state index < -0.39 is 0 Å². The maximum atomic E-state index is 13.0. The highest BCUT2D eigenvalue weighted by Crippen LogP contribution is 2.29. The summed E-state index contributed by atoms with van der Waals surface area (Å²) in [5, 5.41) is 5.89. The van der Waals surface area contributed by atoms with Gasteiger partial charge in [0.05, 0.1) is 23.7 Å². The Labute approximate surface area is 169 Å². The SMILES string of the molecule is CC(C)C(=O)NCc1csc(C2CCCN(C(=O)Cc3ccc(F)cc3)C2)n1. The van der Waals surface area contributed by atoms with Crippen molar-refractivity contribution in [2.24, 2.45) is 5.92 Å². The van der Waals surface area contributed by atoms with Crippen LogP contribution in [0.25, 0.3) is 0 Å². The van der Waals surface area contributed by atoms with Gasteiger partial charge in [-0.2, -0.15) is 0 Å². The molecule has 28 heavy (non-hydrogen) atoms. The maximum absolute atomic E-state index is 13.0. The van der Waals surface area contributed by atoms with Gasteiger partial charge >= 0.3 is 0 Å². The number of halogens is 1. The fourth-order valence-electron chi connectivity index (χ4n) is 3.27. The lowest BCUT2D eigenvalue weighted by Crippen LogP contribution is -2.40. The smallest absolute Gasteiger partial charge is 0.227 e. The van der Waals surface area contributed by atoms with Crippen molar-refractivity contribution in [3.63, 3.8) is 0 Å². The summed E-state index contributed by atoms with van der Waals surface area (Å²) in [4.78, 5) is 30.9. The van der Waals surface area contributed by atoms with Crippen molar-refractivity contribution in [3.05, 3.63) is 51.7 Å². The molecule has 2 heterocycles. The van der Waals surface area contributed by atoms with Crippen LogP contribution in [0.4, 0.5) is 4.39 Å². The zero-order valence-electron chi connectivity index (χ0n) is 16.3. The fraction of sp³-hybridized carbons (Fsp3) is 0.476. The second-order valence-corrected chi connectivity index (χ2v) is 8.42. The molecule has 1 saturated heterocycles. The Morgan fingerprint density at radius 1 is 1.32 bits per heavy atom. The number of hydrogen-bond acceptors (Lipinski definition) is 4. The van der Waals surface area contributed by atoms with Crippen LogP contribution >= 0.6 is 11.3 Å². The van der Waals surface area contributed by atoms with Crippen LogP contribution in [0.1, 0.15) is 48.9 Å². The molecule has 1 aliphatic heterocycles. The van der Waals surface area contributed by atoms with E-state index in [4.69, 9.17) is 0 Å². The monoisotopic (exact) mass is 403 g/mol. The molecule has 3 rings (SSSR count). The molecule has 1 aromatic carbocycles. The second kappa shape index (κ2) is 9.28.